The standard InChI is InChI=1S/C22H27N3O2/c1-27-19-10-8-18(9-11-19)21(24-13-4-5-14-24)16-23-22(26)25-15-12-17-6-2-3-7-20(17)25/h2-3,6-11,21H,4-5,12-16H2,1H3,(H,23,26)/p+1/t21-/m0/s1. The van der Waals surface area contributed by atoms with Crippen LogP contribution in [0.15, 0.2) is 48.5 Å². The van der Waals surface area contributed by atoms with Gasteiger partial charge in [0.05, 0.1) is 26.7 Å². The molecule has 2 heterocycles. The number of ether oxygens (including phenoxy) is 1. The number of urea groups is 1. The third-order valence-corrected chi connectivity index (χ3v) is 5.85. The van der Waals surface area contributed by atoms with Gasteiger partial charge in [0.1, 0.15) is 11.8 Å². The van der Waals surface area contributed by atoms with Crippen molar-refractivity contribution in [2.75, 3.05) is 38.2 Å². The van der Waals surface area contributed by atoms with Gasteiger partial charge in [-0.1, -0.05) is 18.2 Å². The summed E-state index contributed by atoms with van der Waals surface area (Å²) in [6, 6.07) is 16.8. The van der Waals surface area contributed by atoms with Crippen molar-refractivity contribution < 1.29 is 14.4 Å². The number of hydrogen-bond donors (Lipinski definition) is 2. The lowest BCUT2D eigenvalue weighted by Gasteiger charge is -2.27. The minimum atomic E-state index is 0.0112. The number of anilines is 1. The van der Waals surface area contributed by atoms with Crippen LogP contribution in [0.5, 0.6) is 5.75 Å². The second kappa shape index (κ2) is 8.01. The molecule has 0 saturated carbocycles. The smallest absolute Gasteiger partial charge is 0.322 e. The number of likely N-dealkylation sites (tertiary alicyclic amines) is 1. The number of hydrogen-bond acceptors (Lipinski definition) is 2. The molecular weight excluding hydrogens is 338 g/mol. The fourth-order valence-corrected chi connectivity index (χ4v) is 4.35. The average Bonchev–Trinajstić information content (AvgIpc) is 3.38. The topological polar surface area (TPSA) is 46.0 Å². The number of carbonyl (C=O) groups excluding carboxylic acids is 1. The van der Waals surface area contributed by atoms with E-state index in [1.54, 1.807) is 12.0 Å². The van der Waals surface area contributed by atoms with Crippen LogP contribution in [0.3, 0.4) is 0 Å². The van der Waals surface area contributed by atoms with Crippen molar-refractivity contribution in [3.05, 3.63) is 59.7 Å². The minimum absolute atomic E-state index is 0.0112. The third kappa shape index (κ3) is 3.78. The lowest BCUT2D eigenvalue weighted by atomic mass is 10.1. The van der Waals surface area contributed by atoms with E-state index >= 15 is 0 Å². The Morgan fingerprint density at radius 2 is 1.89 bits per heavy atom. The molecule has 0 spiro atoms. The summed E-state index contributed by atoms with van der Waals surface area (Å²) in [4.78, 5) is 16.3. The largest absolute Gasteiger partial charge is 0.497 e. The van der Waals surface area contributed by atoms with E-state index in [4.69, 9.17) is 4.74 Å². The van der Waals surface area contributed by atoms with E-state index in [1.165, 1.54) is 37.1 Å². The van der Waals surface area contributed by atoms with Crippen molar-refractivity contribution in [1.29, 1.82) is 0 Å². The zero-order valence-corrected chi connectivity index (χ0v) is 15.9. The van der Waals surface area contributed by atoms with Crippen molar-refractivity contribution in [2.45, 2.75) is 25.3 Å². The van der Waals surface area contributed by atoms with Crippen molar-refractivity contribution in [1.82, 2.24) is 5.32 Å². The maximum atomic E-state index is 12.8. The fourth-order valence-electron chi connectivity index (χ4n) is 4.35. The Hall–Kier alpha value is -2.53. The van der Waals surface area contributed by atoms with E-state index in [-0.39, 0.29) is 12.1 Å². The summed E-state index contributed by atoms with van der Waals surface area (Å²) in [6.07, 6.45) is 3.45. The molecule has 0 bridgehead atoms. The average molecular weight is 366 g/mol. The highest BCUT2D eigenvalue weighted by molar-refractivity contribution is 5.94. The quantitative estimate of drug-likeness (QED) is 0.852. The molecule has 2 aromatic carbocycles. The van der Waals surface area contributed by atoms with Crippen LogP contribution < -0.4 is 19.9 Å². The number of methoxy groups -OCH3 is 1. The number of carbonyl (C=O) groups is 1. The van der Waals surface area contributed by atoms with Crippen molar-refractivity contribution >= 4 is 11.7 Å². The second-order valence-corrected chi connectivity index (χ2v) is 7.41. The second-order valence-electron chi connectivity index (χ2n) is 7.41. The number of para-hydroxylation sites is 1. The predicted molar refractivity (Wildman–Crippen MR) is 107 cm³/mol. The summed E-state index contributed by atoms with van der Waals surface area (Å²) in [5.41, 5.74) is 3.56. The summed E-state index contributed by atoms with van der Waals surface area (Å²) < 4.78 is 5.29. The number of benzene rings is 2. The molecule has 0 aromatic heterocycles. The first-order valence-corrected chi connectivity index (χ1v) is 9.88. The Bertz CT molecular complexity index is 784. The highest BCUT2D eigenvalue weighted by Gasteiger charge is 2.30. The zero-order valence-electron chi connectivity index (χ0n) is 15.9. The van der Waals surface area contributed by atoms with Gasteiger partial charge in [-0.05, 0) is 42.3 Å². The van der Waals surface area contributed by atoms with Gasteiger partial charge < -0.3 is 15.0 Å². The van der Waals surface area contributed by atoms with Crippen LogP contribution in [0.25, 0.3) is 0 Å². The number of amides is 2. The van der Waals surface area contributed by atoms with Crippen LogP contribution >= 0.6 is 0 Å². The van der Waals surface area contributed by atoms with Gasteiger partial charge >= 0.3 is 6.03 Å². The number of rotatable bonds is 5. The highest BCUT2D eigenvalue weighted by atomic mass is 16.5. The van der Waals surface area contributed by atoms with E-state index in [9.17, 15) is 4.79 Å². The van der Waals surface area contributed by atoms with Gasteiger partial charge in [-0.3, -0.25) is 4.90 Å². The van der Waals surface area contributed by atoms with Crippen LogP contribution in [-0.2, 0) is 6.42 Å². The van der Waals surface area contributed by atoms with Gasteiger partial charge in [0, 0.05) is 30.6 Å². The Morgan fingerprint density at radius 1 is 1.15 bits per heavy atom. The molecule has 5 heteroatoms. The molecule has 2 amide bonds. The molecule has 142 valence electrons. The van der Waals surface area contributed by atoms with Crippen molar-refractivity contribution in [3.8, 4) is 5.75 Å². The number of quaternary nitrogens is 1. The Balaban J connectivity index is 1.46. The predicted octanol–water partition coefficient (Wildman–Crippen LogP) is 2.19. The molecule has 1 fully saturated rings. The lowest BCUT2D eigenvalue weighted by molar-refractivity contribution is -0.918. The molecule has 2 aliphatic rings. The first-order chi connectivity index (χ1) is 13.3. The zero-order chi connectivity index (χ0) is 18.6. The Morgan fingerprint density at radius 3 is 2.63 bits per heavy atom. The number of nitrogens with zero attached hydrogens (tertiary/aromatic N) is 1. The summed E-state index contributed by atoms with van der Waals surface area (Å²) in [5, 5.41) is 3.20. The Labute approximate surface area is 160 Å². The molecule has 4 rings (SSSR count). The first kappa shape index (κ1) is 17.9. The summed E-state index contributed by atoms with van der Waals surface area (Å²) in [6.45, 7) is 3.74. The molecule has 2 N–H and O–H groups in total. The van der Waals surface area contributed by atoms with Gasteiger partial charge in [-0.25, -0.2) is 4.79 Å². The van der Waals surface area contributed by atoms with Gasteiger partial charge in [0.25, 0.3) is 0 Å². The SMILES string of the molecule is COc1ccc([C@H](CNC(=O)N2CCc3ccccc32)[NH+]2CCCC2)cc1. The summed E-state index contributed by atoms with van der Waals surface area (Å²) in [5.74, 6) is 0.867. The number of nitrogens with one attached hydrogen (secondary N) is 2. The van der Waals surface area contributed by atoms with Crippen molar-refractivity contribution in [3.63, 3.8) is 0 Å². The normalized spacial score (nSPS) is 17.6. The monoisotopic (exact) mass is 366 g/mol. The van der Waals surface area contributed by atoms with E-state index in [1.807, 2.05) is 35.2 Å². The van der Waals surface area contributed by atoms with Gasteiger partial charge in [0.2, 0.25) is 0 Å². The summed E-state index contributed by atoms with van der Waals surface area (Å²) in [7, 11) is 1.69. The molecule has 1 atom stereocenters. The lowest BCUT2D eigenvalue weighted by Crippen LogP contribution is -3.11. The van der Waals surface area contributed by atoms with Gasteiger partial charge in [0.15, 0.2) is 0 Å². The van der Waals surface area contributed by atoms with Crippen LogP contribution in [0, 0.1) is 0 Å². The molecule has 0 radical (unpaired) electrons. The highest BCUT2D eigenvalue weighted by Crippen LogP contribution is 2.27. The van der Waals surface area contributed by atoms with E-state index in [2.05, 4.69) is 23.5 Å². The molecule has 0 unspecified atom stereocenters. The molecule has 5 nitrogen and oxygen atoms in total. The van der Waals surface area contributed by atoms with Gasteiger partial charge in [-0.2, -0.15) is 0 Å². The van der Waals surface area contributed by atoms with E-state index in [0.29, 0.717) is 6.54 Å². The maximum Gasteiger partial charge on any atom is 0.322 e. The van der Waals surface area contributed by atoms with Crippen LogP contribution in [0.2, 0.25) is 0 Å². The Kier molecular flexibility index (Phi) is 5.30. The molecule has 2 aromatic rings. The van der Waals surface area contributed by atoms with E-state index in [0.717, 1.165) is 24.4 Å². The third-order valence-electron chi connectivity index (χ3n) is 5.85. The van der Waals surface area contributed by atoms with Crippen LogP contribution in [-0.4, -0.2) is 39.3 Å². The molecule has 27 heavy (non-hydrogen) atoms. The fraction of sp³-hybridized carbons (Fsp3) is 0.409. The first-order valence-electron chi connectivity index (χ1n) is 9.88. The maximum absolute atomic E-state index is 12.8. The van der Waals surface area contributed by atoms with Crippen molar-refractivity contribution in [2.24, 2.45) is 0 Å². The van der Waals surface area contributed by atoms with Gasteiger partial charge in [-0.15, -0.1) is 0 Å². The number of fused-ring (bicyclic) bond motifs is 1. The van der Waals surface area contributed by atoms with E-state index < -0.39 is 0 Å². The molecule has 0 aliphatic carbocycles. The summed E-state index contributed by atoms with van der Waals surface area (Å²) >= 11 is 0. The van der Waals surface area contributed by atoms with Crippen LogP contribution in [0.1, 0.15) is 30.0 Å². The molecule has 2 aliphatic heterocycles. The molecular formula is C22H28N3O2+. The molecule has 1 saturated heterocycles. The minimum Gasteiger partial charge on any atom is -0.497 e. The van der Waals surface area contributed by atoms with Crippen LogP contribution in [0.4, 0.5) is 10.5 Å².